The van der Waals surface area contributed by atoms with Gasteiger partial charge < -0.3 is 19.9 Å². The Kier molecular flexibility index (Phi) is 7.12. The minimum absolute atomic E-state index is 0.143. The molecule has 202 valence electrons. The topological polar surface area (TPSA) is 102 Å². The normalized spacial score (nSPS) is 36.3. The van der Waals surface area contributed by atoms with E-state index in [4.69, 9.17) is 9.47 Å². The van der Waals surface area contributed by atoms with E-state index in [9.17, 15) is 19.5 Å². The van der Waals surface area contributed by atoms with Gasteiger partial charge in [0, 0.05) is 0 Å². The Morgan fingerprint density at radius 1 is 1.05 bits per heavy atom. The molecule has 7 heteroatoms. The van der Waals surface area contributed by atoms with E-state index in [-0.39, 0.29) is 12.1 Å². The summed E-state index contributed by atoms with van der Waals surface area (Å²) in [6.07, 6.45) is 7.39. The van der Waals surface area contributed by atoms with E-state index in [1.807, 2.05) is 0 Å². The van der Waals surface area contributed by atoms with Crippen LogP contribution in [0.1, 0.15) is 88.9 Å². The summed E-state index contributed by atoms with van der Waals surface area (Å²) in [7, 11) is 0. The molecule has 6 rings (SSSR count). The van der Waals surface area contributed by atoms with Crippen LogP contribution in [0.15, 0.2) is 24.3 Å². The second-order valence-corrected chi connectivity index (χ2v) is 12.9. The monoisotopic (exact) mass is 511 g/mol. The highest BCUT2D eigenvalue weighted by Crippen LogP contribution is 2.62. The van der Waals surface area contributed by atoms with E-state index in [0.29, 0.717) is 47.3 Å². The predicted octanol–water partition coefficient (Wildman–Crippen LogP) is 5.12. The zero-order chi connectivity index (χ0) is 26.4. The zero-order valence-corrected chi connectivity index (χ0v) is 22.3. The number of para-hydroxylation sites is 1. The first-order chi connectivity index (χ1) is 17.6. The van der Waals surface area contributed by atoms with E-state index in [0.717, 1.165) is 51.4 Å². The van der Waals surface area contributed by atoms with Crippen molar-refractivity contribution in [2.24, 2.45) is 35.0 Å². The molecular weight excluding hydrogens is 470 g/mol. The number of ether oxygens (including phenoxy) is 2. The van der Waals surface area contributed by atoms with Crippen LogP contribution in [0.3, 0.4) is 0 Å². The van der Waals surface area contributed by atoms with E-state index in [2.05, 4.69) is 26.1 Å². The molecule has 0 aliphatic heterocycles. The third kappa shape index (κ3) is 5.43. The van der Waals surface area contributed by atoms with Crippen molar-refractivity contribution in [3.63, 3.8) is 0 Å². The number of esters is 2. The molecule has 2 N–H and O–H groups in total. The van der Waals surface area contributed by atoms with Crippen LogP contribution in [0.4, 0.5) is 5.69 Å². The number of carbonyl (C=O) groups is 3. The highest BCUT2D eigenvalue weighted by molar-refractivity contribution is 6.02. The molecule has 0 heterocycles. The van der Waals surface area contributed by atoms with Gasteiger partial charge in [-0.25, -0.2) is 4.79 Å². The van der Waals surface area contributed by atoms with Crippen LogP contribution in [0.25, 0.3) is 0 Å². The molecule has 0 saturated heterocycles. The number of nitrogens with one attached hydrogen (secondary N) is 1. The van der Waals surface area contributed by atoms with Crippen LogP contribution in [0.5, 0.6) is 0 Å². The van der Waals surface area contributed by atoms with Crippen molar-refractivity contribution in [3.05, 3.63) is 29.8 Å². The molecule has 5 atom stereocenters. The lowest BCUT2D eigenvalue weighted by Gasteiger charge is -2.58. The minimum Gasteiger partial charge on any atom is -0.458 e. The summed E-state index contributed by atoms with van der Waals surface area (Å²) in [5.41, 5.74) is -0.797. The maximum atomic E-state index is 13.2. The summed E-state index contributed by atoms with van der Waals surface area (Å²) >= 11 is 0. The first-order valence-electron chi connectivity index (χ1n) is 14.1. The van der Waals surface area contributed by atoms with Crippen molar-refractivity contribution < 1.29 is 29.0 Å². The SMILES string of the molecule is CC1CCC(C(C)C)C(OC(=O)c2ccccc2NC(=O)COC(=O)C23CC4CC(CC(O)(C4)C2)C3)C1. The Labute approximate surface area is 219 Å². The van der Waals surface area contributed by atoms with Gasteiger partial charge >= 0.3 is 11.9 Å². The van der Waals surface area contributed by atoms with Gasteiger partial charge in [-0.2, -0.15) is 0 Å². The molecule has 0 spiro atoms. The molecule has 37 heavy (non-hydrogen) atoms. The van der Waals surface area contributed by atoms with Crippen LogP contribution in [0, 0.1) is 35.0 Å². The second kappa shape index (κ2) is 10.0. The van der Waals surface area contributed by atoms with Gasteiger partial charge in [0.25, 0.3) is 5.91 Å². The predicted molar refractivity (Wildman–Crippen MR) is 139 cm³/mol. The maximum absolute atomic E-state index is 13.2. The summed E-state index contributed by atoms with van der Waals surface area (Å²) in [4.78, 5) is 39.0. The first kappa shape index (κ1) is 26.2. The van der Waals surface area contributed by atoms with Gasteiger partial charge in [0.2, 0.25) is 0 Å². The number of carbonyl (C=O) groups excluding carboxylic acids is 3. The number of benzene rings is 1. The molecule has 4 bridgehead atoms. The summed E-state index contributed by atoms with van der Waals surface area (Å²) in [6, 6.07) is 6.80. The zero-order valence-electron chi connectivity index (χ0n) is 22.3. The number of aliphatic hydroxyl groups is 1. The Morgan fingerprint density at radius 3 is 2.43 bits per heavy atom. The van der Waals surface area contributed by atoms with E-state index < -0.39 is 29.5 Å². The minimum atomic E-state index is -0.768. The fourth-order valence-corrected chi connectivity index (χ4v) is 8.14. The summed E-state index contributed by atoms with van der Waals surface area (Å²) in [5.74, 6) is 0.637. The number of hydrogen-bond acceptors (Lipinski definition) is 6. The van der Waals surface area contributed by atoms with Crippen molar-refractivity contribution >= 4 is 23.5 Å². The Balaban J connectivity index is 1.20. The van der Waals surface area contributed by atoms with Crippen molar-refractivity contribution in [1.82, 2.24) is 0 Å². The van der Waals surface area contributed by atoms with Gasteiger partial charge in [-0.05, 0) is 93.1 Å². The van der Waals surface area contributed by atoms with Crippen molar-refractivity contribution in [1.29, 1.82) is 0 Å². The standard InChI is InChI=1S/C30H41NO6/c1-18(2)22-9-8-19(3)10-25(22)37-27(33)23-6-4-5-7-24(23)31-26(32)16-36-28(34)29-12-20-11-21(13-29)15-30(35,14-20)17-29/h4-7,18-22,25,35H,8-17H2,1-3H3,(H,31,32). The first-order valence-corrected chi connectivity index (χ1v) is 14.1. The lowest BCUT2D eigenvalue weighted by Crippen LogP contribution is -2.58. The molecule has 7 nitrogen and oxygen atoms in total. The Hall–Kier alpha value is -2.41. The lowest BCUT2D eigenvalue weighted by molar-refractivity contribution is -0.196. The van der Waals surface area contributed by atoms with E-state index in [1.54, 1.807) is 24.3 Å². The van der Waals surface area contributed by atoms with E-state index >= 15 is 0 Å². The van der Waals surface area contributed by atoms with Crippen molar-refractivity contribution in [2.75, 3.05) is 11.9 Å². The van der Waals surface area contributed by atoms with Gasteiger partial charge in [-0.1, -0.05) is 39.3 Å². The van der Waals surface area contributed by atoms with Gasteiger partial charge in [-0.3, -0.25) is 9.59 Å². The third-order valence-corrected chi connectivity index (χ3v) is 9.44. The molecule has 1 aromatic carbocycles. The molecule has 5 saturated carbocycles. The fourth-order valence-electron chi connectivity index (χ4n) is 8.14. The summed E-state index contributed by atoms with van der Waals surface area (Å²) in [5, 5.41) is 13.7. The Morgan fingerprint density at radius 2 is 1.76 bits per heavy atom. The quantitative estimate of drug-likeness (QED) is 0.493. The average Bonchev–Trinajstić information content (AvgIpc) is 2.81. The molecule has 0 radical (unpaired) electrons. The van der Waals surface area contributed by atoms with Crippen molar-refractivity contribution in [2.45, 2.75) is 90.3 Å². The van der Waals surface area contributed by atoms with Crippen LogP contribution in [0.2, 0.25) is 0 Å². The number of rotatable bonds is 7. The van der Waals surface area contributed by atoms with Crippen LogP contribution in [-0.4, -0.2) is 41.3 Å². The van der Waals surface area contributed by atoms with Crippen LogP contribution < -0.4 is 5.32 Å². The highest BCUT2D eigenvalue weighted by Gasteiger charge is 2.61. The number of anilines is 1. The molecule has 5 aliphatic carbocycles. The molecule has 0 aromatic heterocycles. The second-order valence-electron chi connectivity index (χ2n) is 12.9. The van der Waals surface area contributed by atoms with Gasteiger partial charge in [-0.15, -0.1) is 0 Å². The summed E-state index contributed by atoms with van der Waals surface area (Å²) < 4.78 is 11.5. The smallest absolute Gasteiger partial charge is 0.340 e. The van der Waals surface area contributed by atoms with Crippen molar-refractivity contribution in [3.8, 4) is 0 Å². The number of amides is 1. The van der Waals surface area contributed by atoms with Crippen LogP contribution >= 0.6 is 0 Å². The summed E-state index contributed by atoms with van der Waals surface area (Å²) in [6.45, 7) is 6.10. The fraction of sp³-hybridized carbons (Fsp3) is 0.700. The molecule has 1 aromatic rings. The van der Waals surface area contributed by atoms with Gasteiger partial charge in [0.1, 0.15) is 6.10 Å². The molecule has 5 aliphatic rings. The molecular formula is C30H41NO6. The highest BCUT2D eigenvalue weighted by atomic mass is 16.5. The third-order valence-electron chi connectivity index (χ3n) is 9.44. The Bertz CT molecular complexity index is 1040. The molecule has 5 unspecified atom stereocenters. The number of hydrogen-bond donors (Lipinski definition) is 2. The molecule has 1 amide bonds. The molecule has 5 fully saturated rings. The largest absolute Gasteiger partial charge is 0.458 e. The van der Waals surface area contributed by atoms with Gasteiger partial charge in [0.15, 0.2) is 6.61 Å². The lowest BCUT2D eigenvalue weighted by atomic mass is 9.48. The van der Waals surface area contributed by atoms with E-state index in [1.165, 1.54) is 0 Å². The maximum Gasteiger partial charge on any atom is 0.340 e. The van der Waals surface area contributed by atoms with Crippen LogP contribution in [-0.2, 0) is 19.1 Å². The average molecular weight is 512 g/mol. The van der Waals surface area contributed by atoms with Gasteiger partial charge in [0.05, 0.1) is 22.3 Å².